The molecule has 0 fully saturated rings. The first-order chi connectivity index (χ1) is 13.3. The summed E-state index contributed by atoms with van der Waals surface area (Å²) in [6.07, 6.45) is 5.27. The average Bonchev–Trinajstić information content (AvgIpc) is 3.28. The minimum atomic E-state index is -0.0138. The third kappa shape index (κ3) is 3.68. The molecule has 0 aliphatic heterocycles. The highest BCUT2D eigenvalue weighted by atomic mass is 32.2. The predicted octanol–water partition coefficient (Wildman–Crippen LogP) is 4.22. The Bertz CT molecular complexity index is 1010. The number of carbonyl (C=O) groups is 1. The molecule has 0 saturated heterocycles. The van der Waals surface area contributed by atoms with Crippen LogP contribution in [0.2, 0.25) is 0 Å². The molecule has 5 nitrogen and oxygen atoms in total. The zero-order valence-corrected chi connectivity index (χ0v) is 16.4. The Hall–Kier alpha value is -2.43. The molecule has 7 heteroatoms. The average molecular weight is 395 g/mol. The van der Waals surface area contributed by atoms with Gasteiger partial charge in [-0.1, -0.05) is 30.0 Å². The number of carbonyl (C=O) groups excluding carboxylic acids is 1. The molecule has 0 atom stereocenters. The van der Waals surface area contributed by atoms with Gasteiger partial charge in [-0.25, -0.2) is 9.97 Å². The van der Waals surface area contributed by atoms with Crippen molar-refractivity contribution in [1.82, 2.24) is 9.97 Å². The van der Waals surface area contributed by atoms with E-state index in [9.17, 15) is 4.79 Å². The molecule has 2 aromatic heterocycles. The Kier molecular flexibility index (Phi) is 5.37. The van der Waals surface area contributed by atoms with Gasteiger partial charge in [0.25, 0.3) is 0 Å². The van der Waals surface area contributed by atoms with Crippen molar-refractivity contribution in [1.29, 1.82) is 5.26 Å². The summed E-state index contributed by atoms with van der Waals surface area (Å²) < 4.78 is 0. The summed E-state index contributed by atoms with van der Waals surface area (Å²) >= 11 is 3.22. The number of amides is 1. The quantitative estimate of drug-likeness (QED) is 0.462. The molecule has 136 valence electrons. The summed E-state index contributed by atoms with van der Waals surface area (Å²) in [4.78, 5) is 25.9. The van der Waals surface area contributed by atoms with E-state index < -0.39 is 0 Å². The first-order valence-electron chi connectivity index (χ1n) is 8.88. The zero-order valence-electron chi connectivity index (χ0n) is 14.7. The van der Waals surface area contributed by atoms with Gasteiger partial charge >= 0.3 is 0 Å². The van der Waals surface area contributed by atoms with E-state index in [4.69, 9.17) is 5.26 Å². The van der Waals surface area contributed by atoms with Crippen LogP contribution < -0.4 is 4.90 Å². The lowest BCUT2D eigenvalue weighted by Crippen LogP contribution is -2.33. The molecule has 0 bridgehead atoms. The normalized spacial score (nSPS) is 12.7. The van der Waals surface area contributed by atoms with Crippen molar-refractivity contribution in [2.24, 2.45) is 0 Å². The molecule has 0 spiro atoms. The van der Waals surface area contributed by atoms with Crippen molar-refractivity contribution in [2.45, 2.75) is 30.7 Å². The van der Waals surface area contributed by atoms with Crippen LogP contribution >= 0.6 is 23.1 Å². The van der Waals surface area contributed by atoms with E-state index in [0.717, 1.165) is 33.8 Å². The van der Waals surface area contributed by atoms with Crippen LogP contribution in [0.5, 0.6) is 0 Å². The Labute approximate surface area is 166 Å². The zero-order chi connectivity index (χ0) is 18.6. The van der Waals surface area contributed by atoms with Crippen LogP contribution in [0.1, 0.15) is 23.3 Å². The van der Waals surface area contributed by atoms with E-state index in [1.807, 2.05) is 30.3 Å². The Morgan fingerprint density at radius 2 is 2.11 bits per heavy atom. The number of rotatable bonds is 6. The van der Waals surface area contributed by atoms with Crippen molar-refractivity contribution in [3.05, 3.63) is 47.1 Å². The molecule has 0 unspecified atom stereocenters. The second-order valence-corrected chi connectivity index (χ2v) is 8.34. The molecule has 3 aromatic rings. The van der Waals surface area contributed by atoms with E-state index in [0.29, 0.717) is 13.0 Å². The van der Waals surface area contributed by atoms with Crippen molar-refractivity contribution < 1.29 is 4.79 Å². The maximum Gasteiger partial charge on any atom is 0.237 e. The minimum absolute atomic E-state index is 0.0138. The molecule has 4 rings (SSSR count). The van der Waals surface area contributed by atoms with Gasteiger partial charge in [-0.2, -0.15) is 5.26 Å². The third-order valence-electron chi connectivity index (χ3n) is 4.62. The predicted molar refractivity (Wildman–Crippen MR) is 109 cm³/mol. The maximum absolute atomic E-state index is 12.9. The van der Waals surface area contributed by atoms with Crippen LogP contribution in [0, 0.1) is 11.3 Å². The largest absolute Gasteiger partial charge is 0.311 e. The van der Waals surface area contributed by atoms with Crippen molar-refractivity contribution in [3.63, 3.8) is 0 Å². The smallest absolute Gasteiger partial charge is 0.237 e. The van der Waals surface area contributed by atoms with Gasteiger partial charge in [-0.05, 0) is 37.0 Å². The topological polar surface area (TPSA) is 69.9 Å². The van der Waals surface area contributed by atoms with Crippen LogP contribution in [-0.2, 0) is 17.6 Å². The number of hydrogen-bond donors (Lipinski definition) is 0. The van der Waals surface area contributed by atoms with E-state index >= 15 is 0 Å². The van der Waals surface area contributed by atoms with Crippen molar-refractivity contribution in [2.75, 3.05) is 17.2 Å². The Morgan fingerprint density at radius 3 is 2.93 bits per heavy atom. The van der Waals surface area contributed by atoms with Crippen LogP contribution in [0.25, 0.3) is 10.2 Å². The van der Waals surface area contributed by atoms with Gasteiger partial charge < -0.3 is 4.90 Å². The fourth-order valence-corrected chi connectivity index (χ4v) is 5.58. The third-order valence-corrected chi connectivity index (χ3v) is 6.79. The van der Waals surface area contributed by atoms with Gasteiger partial charge in [0.2, 0.25) is 5.91 Å². The molecule has 1 amide bonds. The van der Waals surface area contributed by atoms with Gasteiger partial charge in [-0.15, -0.1) is 11.3 Å². The van der Waals surface area contributed by atoms with E-state index in [-0.39, 0.29) is 11.7 Å². The molecule has 0 N–H and O–H groups in total. The minimum Gasteiger partial charge on any atom is -0.311 e. The van der Waals surface area contributed by atoms with E-state index in [2.05, 4.69) is 16.0 Å². The molecule has 2 heterocycles. The highest BCUT2D eigenvalue weighted by molar-refractivity contribution is 8.00. The SMILES string of the molecule is N#CCCN(C(=O)CSc1ncnc2sc3c(c12)CCC3)c1ccccc1. The van der Waals surface area contributed by atoms with Crippen LogP contribution in [0.4, 0.5) is 5.69 Å². The number of aromatic nitrogens is 2. The molecule has 1 aliphatic carbocycles. The molecule has 1 aromatic carbocycles. The fourth-order valence-electron chi connectivity index (χ4n) is 3.38. The fraction of sp³-hybridized carbons (Fsp3) is 0.300. The molecule has 0 radical (unpaired) electrons. The Morgan fingerprint density at radius 1 is 1.26 bits per heavy atom. The summed E-state index contributed by atoms with van der Waals surface area (Å²) in [7, 11) is 0. The van der Waals surface area contributed by atoms with Crippen LogP contribution in [0.15, 0.2) is 41.7 Å². The number of anilines is 1. The van der Waals surface area contributed by atoms with E-state index in [1.54, 1.807) is 22.6 Å². The van der Waals surface area contributed by atoms with Gasteiger partial charge in [0.15, 0.2) is 0 Å². The number of para-hydroxylation sites is 1. The number of nitriles is 1. The monoisotopic (exact) mass is 394 g/mol. The number of aryl methyl sites for hydroxylation is 2. The van der Waals surface area contributed by atoms with Crippen molar-refractivity contribution >= 4 is 44.9 Å². The van der Waals surface area contributed by atoms with Crippen molar-refractivity contribution in [3.8, 4) is 6.07 Å². The second-order valence-electron chi connectivity index (χ2n) is 6.29. The molecule has 27 heavy (non-hydrogen) atoms. The molecule has 0 saturated carbocycles. The lowest BCUT2D eigenvalue weighted by molar-refractivity contribution is -0.116. The lowest BCUT2D eigenvalue weighted by atomic mass is 10.2. The summed E-state index contributed by atoms with van der Waals surface area (Å²) in [5, 5.41) is 11.0. The van der Waals surface area contributed by atoms with E-state index in [1.165, 1.54) is 28.6 Å². The molecular weight excluding hydrogens is 376 g/mol. The van der Waals surface area contributed by atoms with Crippen LogP contribution in [-0.4, -0.2) is 28.2 Å². The number of fused-ring (bicyclic) bond motifs is 3. The summed E-state index contributed by atoms with van der Waals surface area (Å²) in [5.74, 6) is 0.275. The summed E-state index contributed by atoms with van der Waals surface area (Å²) in [6.45, 7) is 0.396. The van der Waals surface area contributed by atoms with Gasteiger partial charge in [0, 0.05) is 22.5 Å². The number of nitrogens with zero attached hydrogens (tertiary/aromatic N) is 4. The van der Waals surface area contributed by atoms with Crippen LogP contribution in [0.3, 0.4) is 0 Å². The number of thioether (sulfide) groups is 1. The van der Waals surface area contributed by atoms with Gasteiger partial charge in [0.05, 0.1) is 18.2 Å². The number of hydrogen-bond acceptors (Lipinski definition) is 6. The second kappa shape index (κ2) is 8.07. The lowest BCUT2D eigenvalue weighted by Gasteiger charge is -2.21. The van der Waals surface area contributed by atoms with Gasteiger partial charge in [0.1, 0.15) is 16.2 Å². The molecular formula is C20H18N4OS2. The molecule has 1 aliphatic rings. The number of thiophene rings is 1. The number of benzene rings is 1. The standard InChI is InChI=1S/C20H18N4OS2/c21-10-5-11-24(14-6-2-1-3-7-14)17(25)12-26-19-18-15-8-4-9-16(15)27-20(18)23-13-22-19/h1-3,6-7,13H,4-5,8-9,11-12H2. The first-order valence-corrected chi connectivity index (χ1v) is 10.7. The Balaban J connectivity index is 1.54. The summed E-state index contributed by atoms with van der Waals surface area (Å²) in [5.41, 5.74) is 2.19. The summed E-state index contributed by atoms with van der Waals surface area (Å²) in [6, 6.07) is 11.6. The first kappa shape index (κ1) is 18.0. The van der Waals surface area contributed by atoms with Gasteiger partial charge in [-0.3, -0.25) is 4.79 Å². The highest BCUT2D eigenvalue weighted by Crippen LogP contribution is 2.40. The maximum atomic E-state index is 12.9. The highest BCUT2D eigenvalue weighted by Gasteiger charge is 2.22.